The molecule has 0 aliphatic rings. The van der Waals surface area contributed by atoms with Crippen molar-refractivity contribution in [2.24, 2.45) is 12.9 Å². The molecule has 8 nitrogen and oxygen atoms in total. The van der Waals surface area contributed by atoms with Crippen molar-refractivity contribution in [3.05, 3.63) is 73.2 Å². The summed E-state index contributed by atoms with van der Waals surface area (Å²) in [6.07, 6.45) is 6.50. The second kappa shape index (κ2) is 7.88. The minimum absolute atomic E-state index is 0.174. The van der Waals surface area contributed by atoms with Crippen LogP contribution in [0.2, 0.25) is 0 Å². The fourth-order valence-corrected chi connectivity index (χ4v) is 4.82. The molecule has 0 aliphatic carbocycles. The molecular weight excluding hydrogens is 436 g/mol. The van der Waals surface area contributed by atoms with Crippen LogP contribution in [0.15, 0.2) is 78.1 Å². The number of hydrogen-bond acceptors (Lipinski definition) is 7. The Morgan fingerprint density at radius 3 is 2.55 bits per heavy atom. The number of nitrogens with two attached hydrogens (primary N) is 1. The Hall–Kier alpha value is -3.95. The third-order valence-electron chi connectivity index (χ3n) is 5.60. The molecule has 0 saturated carbocycles. The highest BCUT2D eigenvalue weighted by atomic mass is 32.2. The average Bonchev–Trinajstić information content (AvgIpc) is 3.17. The lowest BCUT2D eigenvalue weighted by Crippen LogP contribution is -2.09. The molecule has 0 fully saturated rings. The van der Waals surface area contributed by atoms with Gasteiger partial charge < -0.3 is 15.3 Å². The first kappa shape index (κ1) is 20.9. The van der Waals surface area contributed by atoms with Crippen molar-refractivity contribution in [1.82, 2.24) is 14.5 Å². The minimum atomic E-state index is -3.47. The number of benzene rings is 3. The summed E-state index contributed by atoms with van der Waals surface area (Å²) in [5.41, 5.74) is 8.67. The Morgan fingerprint density at radius 2 is 1.76 bits per heavy atom. The van der Waals surface area contributed by atoms with Gasteiger partial charge in [-0.05, 0) is 53.4 Å². The molecule has 0 aliphatic heterocycles. The summed E-state index contributed by atoms with van der Waals surface area (Å²) in [6.45, 7) is 0. The summed E-state index contributed by atoms with van der Waals surface area (Å²) in [5.74, 6) is 5.55. The molecule has 0 atom stereocenters. The van der Waals surface area contributed by atoms with Crippen molar-refractivity contribution >= 4 is 48.8 Å². The lowest BCUT2D eigenvalue weighted by molar-refractivity contribution is 0.602. The van der Waals surface area contributed by atoms with E-state index in [0.29, 0.717) is 22.6 Å². The topological polar surface area (TPSA) is 115 Å². The van der Waals surface area contributed by atoms with Gasteiger partial charge in [-0.25, -0.2) is 8.42 Å². The van der Waals surface area contributed by atoms with E-state index < -0.39 is 9.84 Å². The quantitative estimate of drug-likeness (QED) is 0.267. The summed E-state index contributed by atoms with van der Waals surface area (Å²) in [4.78, 5) is 9.22. The fourth-order valence-electron chi connectivity index (χ4n) is 3.99. The maximum Gasteiger partial charge on any atom is 0.177 e. The summed E-state index contributed by atoms with van der Waals surface area (Å²) >= 11 is 0. The van der Waals surface area contributed by atoms with Crippen LogP contribution in [0, 0.1) is 0 Å². The summed E-state index contributed by atoms with van der Waals surface area (Å²) in [5, 5.41) is 4.40. The van der Waals surface area contributed by atoms with Crippen LogP contribution in [0.25, 0.3) is 33.1 Å². The van der Waals surface area contributed by atoms with E-state index in [-0.39, 0.29) is 4.90 Å². The lowest BCUT2D eigenvalue weighted by atomic mass is 10.0. The van der Waals surface area contributed by atoms with Crippen LogP contribution in [0.3, 0.4) is 0 Å². The summed E-state index contributed by atoms with van der Waals surface area (Å²) < 4.78 is 26.8. The summed E-state index contributed by atoms with van der Waals surface area (Å²) in [7, 11) is -1.46. The number of aromatic nitrogens is 3. The summed E-state index contributed by atoms with van der Waals surface area (Å²) in [6, 6.07) is 16.9. The second-order valence-electron chi connectivity index (χ2n) is 7.90. The predicted octanol–water partition coefficient (Wildman–Crippen LogP) is 4.22. The molecule has 2 aromatic heterocycles. The van der Waals surface area contributed by atoms with E-state index >= 15 is 0 Å². The molecule has 0 unspecified atom stereocenters. The maximum atomic E-state index is 12.4. The number of hydrazine groups is 1. The average molecular weight is 459 g/mol. The zero-order chi connectivity index (χ0) is 23.2. The van der Waals surface area contributed by atoms with Crippen LogP contribution in [0.5, 0.6) is 0 Å². The molecule has 33 heavy (non-hydrogen) atoms. The first-order chi connectivity index (χ1) is 15.8. The smallest absolute Gasteiger partial charge is 0.177 e. The van der Waals surface area contributed by atoms with Crippen molar-refractivity contribution in [3.63, 3.8) is 0 Å². The van der Waals surface area contributed by atoms with Gasteiger partial charge in [0.15, 0.2) is 9.84 Å². The number of nitrogens with one attached hydrogen (secondary N) is 2. The Morgan fingerprint density at radius 1 is 0.939 bits per heavy atom. The van der Waals surface area contributed by atoms with Crippen molar-refractivity contribution in [3.8, 4) is 11.1 Å². The van der Waals surface area contributed by atoms with Crippen LogP contribution < -0.4 is 16.6 Å². The first-order valence-electron chi connectivity index (χ1n) is 10.2. The monoisotopic (exact) mass is 458 g/mol. The normalized spacial score (nSPS) is 11.7. The van der Waals surface area contributed by atoms with Crippen molar-refractivity contribution in [2.75, 3.05) is 17.0 Å². The molecule has 0 bridgehead atoms. The molecule has 4 N–H and O–H groups in total. The van der Waals surface area contributed by atoms with Crippen LogP contribution in [-0.4, -0.2) is 29.2 Å². The van der Waals surface area contributed by atoms with E-state index in [1.165, 1.54) is 12.3 Å². The zero-order valence-corrected chi connectivity index (χ0v) is 18.9. The standard InChI is InChI=1S/C24H22N6O2S/c1-30-10-7-15-3-4-16(11-22(15)30)19-12-18(14-21-24(19)27-9-8-26-21)28-20-13-17(29-25)5-6-23(20)33(2,31)32/h3-14,28-29H,25H2,1-2H3. The van der Waals surface area contributed by atoms with Crippen molar-refractivity contribution in [1.29, 1.82) is 0 Å². The van der Waals surface area contributed by atoms with E-state index in [4.69, 9.17) is 5.84 Å². The lowest BCUT2D eigenvalue weighted by Gasteiger charge is -2.15. The Labute approximate surface area is 191 Å². The second-order valence-corrected chi connectivity index (χ2v) is 9.88. The molecule has 9 heteroatoms. The number of nitrogen functional groups attached to an aromatic ring is 1. The Balaban J connectivity index is 1.69. The highest BCUT2D eigenvalue weighted by molar-refractivity contribution is 7.90. The SMILES string of the molecule is Cn1ccc2ccc(-c3cc(Nc4cc(NN)ccc4S(C)(=O)=O)cc4nccnc34)cc21. The molecule has 0 spiro atoms. The Bertz CT molecular complexity index is 1630. The third-order valence-corrected chi connectivity index (χ3v) is 6.75. The van der Waals surface area contributed by atoms with Gasteiger partial charge in [0, 0.05) is 48.7 Å². The maximum absolute atomic E-state index is 12.4. The van der Waals surface area contributed by atoms with Crippen molar-refractivity contribution in [2.45, 2.75) is 4.90 Å². The molecule has 3 aromatic carbocycles. The largest absolute Gasteiger partial charge is 0.354 e. The number of anilines is 3. The van der Waals surface area contributed by atoms with Gasteiger partial charge >= 0.3 is 0 Å². The van der Waals surface area contributed by atoms with E-state index in [2.05, 4.69) is 49.5 Å². The predicted molar refractivity (Wildman–Crippen MR) is 132 cm³/mol. The molecule has 0 saturated heterocycles. The number of nitrogens with zero attached hydrogens (tertiary/aromatic N) is 3. The van der Waals surface area contributed by atoms with E-state index in [1.807, 2.05) is 25.4 Å². The zero-order valence-electron chi connectivity index (χ0n) is 18.1. The number of aryl methyl sites for hydroxylation is 1. The highest BCUT2D eigenvalue weighted by Crippen LogP contribution is 2.35. The van der Waals surface area contributed by atoms with E-state index in [1.54, 1.807) is 24.5 Å². The molecule has 0 radical (unpaired) electrons. The molecule has 166 valence electrons. The van der Waals surface area contributed by atoms with Crippen LogP contribution in [0.1, 0.15) is 0 Å². The molecule has 0 amide bonds. The molecule has 5 rings (SSSR count). The van der Waals surface area contributed by atoms with Crippen LogP contribution >= 0.6 is 0 Å². The molecule has 5 aromatic rings. The molecule has 2 heterocycles. The van der Waals surface area contributed by atoms with Gasteiger partial charge in [-0.15, -0.1) is 0 Å². The number of hydrogen-bond donors (Lipinski definition) is 3. The Kier molecular flexibility index (Phi) is 4.99. The van der Waals surface area contributed by atoms with Gasteiger partial charge in [0.2, 0.25) is 0 Å². The van der Waals surface area contributed by atoms with Crippen LogP contribution in [-0.2, 0) is 16.9 Å². The van der Waals surface area contributed by atoms with Gasteiger partial charge in [-0.3, -0.25) is 15.8 Å². The van der Waals surface area contributed by atoms with E-state index in [0.717, 1.165) is 27.5 Å². The fraction of sp³-hybridized carbons (Fsp3) is 0.0833. The van der Waals surface area contributed by atoms with Crippen molar-refractivity contribution < 1.29 is 8.42 Å². The van der Waals surface area contributed by atoms with Gasteiger partial charge in [0.05, 0.1) is 27.3 Å². The highest BCUT2D eigenvalue weighted by Gasteiger charge is 2.16. The van der Waals surface area contributed by atoms with Gasteiger partial charge in [-0.2, -0.15) is 0 Å². The number of fused-ring (bicyclic) bond motifs is 2. The minimum Gasteiger partial charge on any atom is -0.354 e. The first-order valence-corrected chi connectivity index (χ1v) is 12.1. The number of rotatable bonds is 5. The van der Waals surface area contributed by atoms with Gasteiger partial charge in [0.25, 0.3) is 0 Å². The van der Waals surface area contributed by atoms with Gasteiger partial charge in [-0.1, -0.05) is 12.1 Å². The van der Waals surface area contributed by atoms with Gasteiger partial charge in [0.1, 0.15) is 0 Å². The van der Waals surface area contributed by atoms with E-state index in [9.17, 15) is 8.42 Å². The molecular formula is C24H22N6O2S. The van der Waals surface area contributed by atoms with Crippen LogP contribution in [0.4, 0.5) is 17.1 Å². The third kappa shape index (κ3) is 3.88. The number of sulfone groups is 1.